The molecule has 1 aliphatic heterocycles. The highest BCUT2D eigenvalue weighted by molar-refractivity contribution is 5.29. The molecule has 1 saturated heterocycles. The maximum absolute atomic E-state index is 10.5. The van der Waals surface area contributed by atoms with Crippen LogP contribution in [0.3, 0.4) is 0 Å². The van der Waals surface area contributed by atoms with Gasteiger partial charge in [-0.2, -0.15) is 0 Å². The Kier molecular flexibility index (Phi) is 6.59. The maximum atomic E-state index is 10.5. The number of aliphatic hydroxyl groups is 1. The van der Waals surface area contributed by atoms with Crippen molar-refractivity contribution in [3.05, 3.63) is 71.3 Å². The van der Waals surface area contributed by atoms with Crippen LogP contribution in [-0.4, -0.2) is 49.4 Å². The van der Waals surface area contributed by atoms with E-state index in [1.165, 1.54) is 11.1 Å². The molecule has 0 radical (unpaired) electrons. The van der Waals surface area contributed by atoms with E-state index in [0.29, 0.717) is 6.54 Å². The van der Waals surface area contributed by atoms with Crippen LogP contribution in [-0.2, 0) is 4.74 Å². The van der Waals surface area contributed by atoms with Gasteiger partial charge in [-0.1, -0.05) is 54.6 Å². The van der Waals surface area contributed by atoms with Crippen LogP contribution in [0, 0.1) is 6.92 Å². The Morgan fingerprint density at radius 2 is 1.72 bits per heavy atom. The number of rotatable bonds is 7. The van der Waals surface area contributed by atoms with Gasteiger partial charge in [0.15, 0.2) is 0 Å². The summed E-state index contributed by atoms with van der Waals surface area (Å²) in [4.78, 5) is 2.43. The van der Waals surface area contributed by atoms with Crippen molar-refractivity contribution in [3.8, 4) is 0 Å². The van der Waals surface area contributed by atoms with E-state index >= 15 is 0 Å². The largest absolute Gasteiger partial charge is 0.387 e. The second-order valence-electron chi connectivity index (χ2n) is 6.66. The number of benzene rings is 2. The van der Waals surface area contributed by atoms with Gasteiger partial charge in [0.1, 0.15) is 0 Å². The summed E-state index contributed by atoms with van der Waals surface area (Å²) in [5, 5.41) is 14.1. The molecule has 1 aliphatic rings. The number of morpholine rings is 1. The number of nitrogens with zero attached hydrogens (tertiary/aromatic N) is 1. The molecule has 0 aliphatic carbocycles. The normalized spacial score (nSPS) is 18.0. The third kappa shape index (κ3) is 5.13. The topological polar surface area (TPSA) is 44.7 Å². The molecule has 1 heterocycles. The molecule has 0 bridgehead atoms. The Bertz CT molecular complexity index is 641. The zero-order valence-corrected chi connectivity index (χ0v) is 14.9. The molecule has 4 nitrogen and oxygen atoms in total. The minimum absolute atomic E-state index is 0.192. The minimum atomic E-state index is -0.502. The van der Waals surface area contributed by atoms with E-state index in [1.54, 1.807) is 0 Å². The first-order valence-electron chi connectivity index (χ1n) is 9.06. The summed E-state index contributed by atoms with van der Waals surface area (Å²) >= 11 is 0. The molecule has 1 fully saturated rings. The van der Waals surface area contributed by atoms with Gasteiger partial charge in [-0.25, -0.2) is 0 Å². The number of aryl methyl sites for hydroxylation is 1. The number of hydrogen-bond donors (Lipinski definition) is 2. The molecule has 134 valence electrons. The van der Waals surface area contributed by atoms with Crippen molar-refractivity contribution >= 4 is 0 Å². The highest BCUT2D eigenvalue weighted by atomic mass is 16.5. The first-order chi connectivity index (χ1) is 12.2. The van der Waals surface area contributed by atoms with Crippen molar-refractivity contribution in [1.29, 1.82) is 0 Å². The van der Waals surface area contributed by atoms with Gasteiger partial charge < -0.3 is 15.2 Å². The van der Waals surface area contributed by atoms with E-state index in [9.17, 15) is 5.11 Å². The summed E-state index contributed by atoms with van der Waals surface area (Å²) in [6.45, 7) is 7.14. The molecule has 2 unspecified atom stereocenters. The van der Waals surface area contributed by atoms with Gasteiger partial charge in [0.05, 0.1) is 19.3 Å². The zero-order valence-electron chi connectivity index (χ0n) is 14.9. The summed E-state index contributed by atoms with van der Waals surface area (Å²) in [5.74, 6) is 0. The Morgan fingerprint density at radius 3 is 2.44 bits per heavy atom. The average molecular weight is 340 g/mol. The molecule has 4 heteroatoms. The summed E-state index contributed by atoms with van der Waals surface area (Å²) in [6, 6.07) is 18.5. The number of ether oxygens (including phenoxy) is 1. The minimum Gasteiger partial charge on any atom is -0.387 e. The second-order valence-corrected chi connectivity index (χ2v) is 6.66. The molecule has 2 atom stereocenters. The van der Waals surface area contributed by atoms with Crippen LogP contribution in [0.15, 0.2) is 54.6 Å². The van der Waals surface area contributed by atoms with Gasteiger partial charge in [-0.3, -0.25) is 4.90 Å². The lowest BCUT2D eigenvalue weighted by Crippen LogP contribution is -2.42. The molecule has 0 saturated carbocycles. The van der Waals surface area contributed by atoms with Crippen LogP contribution >= 0.6 is 0 Å². The van der Waals surface area contributed by atoms with Gasteiger partial charge in [0.2, 0.25) is 0 Å². The molecule has 0 aromatic heterocycles. The lowest BCUT2D eigenvalue weighted by atomic mass is 10.00. The van der Waals surface area contributed by atoms with E-state index in [0.717, 1.165) is 38.4 Å². The van der Waals surface area contributed by atoms with Gasteiger partial charge in [0, 0.05) is 32.2 Å². The van der Waals surface area contributed by atoms with E-state index in [1.807, 2.05) is 30.3 Å². The van der Waals surface area contributed by atoms with Crippen molar-refractivity contribution in [2.45, 2.75) is 19.1 Å². The maximum Gasteiger partial charge on any atom is 0.0914 e. The summed E-state index contributed by atoms with van der Waals surface area (Å²) < 4.78 is 5.46. The second kappa shape index (κ2) is 9.11. The van der Waals surface area contributed by atoms with E-state index < -0.39 is 6.10 Å². The van der Waals surface area contributed by atoms with Crippen molar-refractivity contribution in [3.63, 3.8) is 0 Å². The molecular weight excluding hydrogens is 312 g/mol. The average Bonchev–Trinajstić information content (AvgIpc) is 2.67. The van der Waals surface area contributed by atoms with Crippen molar-refractivity contribution in [2.75, 3.05) is 39.4 Å². The fourth-order valence-corrected chi connectivity index (χ4v) is 3.34. The third-order valence-electron chi connectivity index (χ3n) is 4.85. The SMILES string of the molecule is Cc1ccccc1C(CN1CCOCC1)NCC(O)c1ccccc1. The molecule has 25 heavy (non-hydrogen) atoms. The van der Waals surface area contributed by atoms with Gasteiger partial charge in [0.25, 0.3) is 0 Å². The van der Waals surface area contributed by atoms with E-state index in [4.69, 9.17) is 4.74 Å². The Balaban J connectivity index is 1.68. The van der Waals surface area contributed by atoms with Crippen LogP contribution in [0.4, 0.5) is 0 Å². The number of nitrogens with one attached hydrogen (secondary N) is 1. The Hall–Kier alpha value is -1.72. The predicted molar refractivity (Wildman–Crippen MR) is 101 cm³/mol. The smallest absolute Gasteiger partial charge is 0.0914 e. The first kappa shape index (κ1) is 18.1. The summed E-state index contributed by atoms with van der Waals surface area (Å²) in [7, 11) is 0. The van der Waals surface area contributed by atoms with Crippen LogP contribution in [0.1, 0.15) is 28.8 Å². The molecule has 2 N–H and O–H groups in total. The highest BCUT2D eigenvalue weighted by Crippen LogP contribution is 2.21. The quantitative estimate of drug-likeness (QED) is 0.813. The fourth-order valence-electron chi connectivity index (χ4n) is 3.34. The van der Waals surface area contributed by atoms with Gasteiger partial charge in [-0.05, 0) is 23.6 Å². The lowest BCUT2D eigenvalue weighted by Gasteiger charge is -2.32. The molecule has 2 aromatic carbocycles. The number of aliphatic hydroxyl groups excluding tert-OH is 1. The van der Waals surface area contributed by atoms with Crippen molar-refractivity contribution in [1.82, 2.24) is 10.2 Å². The molecule has 2 aromatic rings. The van der Waals surface area contributed by atoms with Gasteiger partial charge in [-0.15, -0.1) is 0 Å². The van der Waals surface area contributed by atoms with E-state index in [-0.39, 0.29) is 6.04 Å². The van der Waals surface area contributed by atoms with Crippen LogP contribution in [0.2, 0.25) is 0 Å². The van der Waals surface area contributed by atoms with Crippen molar-refractivity contribution in [2.24, 2.45) is 0 Å². The van der Waals surface area contributed by atoms with Gasteiger partial charge >= 0.3 is 0 Å². The predicted octanol–water partition coefficient (Wildman–Crippen LogP) is 2.69. The first-order valence-corrected chi connectivity index (χ1v) is 9.06. The van der Waals surface area contributed by atoms with Crippen LogP contribution in [0.25, 0.3) is 0 Å². The summed E-state index contributed by atoms with van der Waals surface area (Å²) in [5.41, 5.74) is 3.53. The molecule has 0 amide bonds. The Labute approximate surface area is 150 Å². The molecule has 3 rings (SSSR count). The van der Waals surface area contributed by atoms with E-state index in [2.05, 4.69) is 41.4 Å². The monoisotopic (exact) mass is 340 g/mol. The highest BCUT2D eigenvalue weighted by Gasteiger charge is 2.20. The summed E-state index contributed by atoms with van der Waals surface area (Å²) in [6.07, 6.45) is -0.502. The molecular formula is C21H28N2O2. The van der Waals surface area contributed by atoms with Crippen molar-refractivity contribution < 1.29 is 9.84 Å². The fraction of sp³-hybridized carbons (Fsp3) is 0.429. The third-order valence-corrected chi connectivity index (χ3v) is 4.85. The standard InChI is InChI=1S/C21H28N2O2/c1-17-7-5-6-10-19(17)20(16-23-11-13-25-14-12-23)22-15-21(24)18-8-3-2-4-9-18/h2-10,20-22,24H,11-16H2,1H3. The molecule has 0 spiro atoms. The van der Waals surface area contributed by atoms with Crippen LogP contribution < -0.4 is 5.32 Å². The van der Waals surface area contributed by atoms with Crippen LogP contribution in [0.5, 0.6) is 0 Å². The zero-order chi connectivity index (χ0) is 17.5. The lowest BCUT2D eigenvalue weighted by molar-refractivity contribution is 0.0325. The Morgan fingerprint density at radius 1 is 1.04 bits per heavy atom. The number of hydrogen-bond acceptors (Lipinski definition) is 4.